The summed E-state index contributed by atoms with van der Waals surface area (Å²) in [6.45, 7) is 7.28. The van der Waals surface area contributed by atoms with Crippen LogP contribution >= 0.6 is 11.6 Å². The molecule has 17 heavy (non-hydrogen) atoms. The largest absolute Gasteiger partial charge is 0.326 e. The minimum atomic E-state index is 0.301. The SMILES string of the molecule is CC1(C)CCCN1Cc1ccc(CN)cc1Cl. The van der Waals surface area contributed by atoms with Crippen molar-refractivity contribution in [3.63, 3.8) is 0 Å². The number of halogens is 1. The van der Waals surface area contributed by atoms with Crippen LogP contribution in [0.5, 0.6) is 0 Å². The molecule has 2 rings (SSSR count). The van der Waals surface area contributed by atoms with Crippen molar-refractivity contribution in [2.75, 3.05) is 6.54 Å². The lowest BCUT2D eigenvalue weighted by atomic mass is 10.0. The first-order valence-electron chi connectivity index (χ1n) is 6.25. The fraction of sp³-hybridized carbons (Fsp3) is 0.571. The number of rotatable bonds is 3. The average molecular weight is 253 g/mol. The van der Waals surface area contributed by atoms with Gasteiger partial charge in [0.15, 0.2) is 0 Å². The molecule has 0 amide bonds. The van der Waals surface area contributed by atoms with E-state index in [4.69, 9.17) is 17.3 Å². The van der Waals surface area contributed by atoms with Crippen molar-refractivity contribution < 1.29 is 0 Å². The Morgan fingerprint density at radius 1 is 1.41 bits per heavy atom. The van der Waals surface area contributed by atoms with Crippen LogP contribution in [0.4, 0.5) is 0 Å². The lowest BCUT2D eigenvalue weighted by Crippen LogP contribution is -2.37. The first kappa shape index (κ1) is 12.9. The highest BCUT2D eigenvalue weighted by Gasteiger charge is 2.31. The second kappa shape index (κ2) is 4.97. The standard InChI is InChI=1S/C14H21ClN2/c1-14(2)6-3-7-17(14)10-12-5-4-11(9-16)8-13(12)15/h4-5,8H,3,6-7,9-10,16H2,1-2H3. The molecule has 1 aromatic carbocycles. The number of likely N-dealkylation sites (tertiary alicyclic amines) is 1. The maximum atomic E-state index is 6.30. The van der Waals surface area contributed by atoms with Crippen molar-refractivity contribution in [1.29, 1.82) is 0 Å². The van der Waals surface area contributed by atoms with Crippen molar-refractivity contribution in [3.8, 4) is 0 Å². The Hall–Kier alpha value is -0.570. The topological polar surface area (TPSA) is 29.3 Å². The van der Waals surface area contributed by atoms with Gasteiger partial charge in [-0.05, 0) is 50.4 Å². The van der Waals surface area contributed by atoms with Gasteiger partial charge in [0.25, 0.3) is 0 Å². The van der Waals surface area contributed by atoms with Crippen molar-refractivity contribution in [1.82, 2.24) is 4.90 Å². The fourth-order valence-corrected chi connectivity index (χ4v) is 2.77. The monoisotopic (exact) mass is 252 g/mol. The quantitative estimate of drug-likeness (QED) is 0.895. The van der Waals surface area contributed by atoms with Gasteiger partial charge in [0, 0.05) is 23.7 Å². The third kappa shape index (κ3) is 2.82. The van der Waals surface area contributed by atoms with Gasteiger partial charge in [-0.2, -0.15) is 0 Å². The van der Waals surface area contributed by atoms with Crippen LogP contribution in [0, 0.1) is 0 Å². The van der Waals surface area contributed by atoms with Gasteiger partial charge >= 0.3 is 0 Å². The summed E-state index contributed by atoms with van der Waals surface area (Å²) in [4.78, 5) is 2.51. The molecule has 1 aromatic rings. The number of benzene rings is 1. The lowest BCUT2D eigenvalue weighted by molar-refractivity contribution is 0.166. The molecule has 0 radical (unpaired) electrons. The maximum Gasteiger partial charge on any atom is 0.0454 e. The van der Waals surface area contributed by atoms with Crippen LogP contribution < -0.4 is 5.73 Å². The van der Waals surface area contributed by atoms with E-state index in [1.165, 1.54) is 24.9 Å². The Morgan fingerprint density at radius 2 is 2.18 bits per heavy atom. The molecule has 1 saturated heterocycles. The van der Waals surface area contributed by atoms with Gasteiger partial charge in [-0.15, -0.1) is 0 Å². The normalized spacial score (nSPS) is 19.8. The van der Waals surface area contributed by atoms with E-state index in [-0.39, 0.29) is 0 Å². The summed E-state index contributed by atoms with van der Waals surface area (Å²) in [5.41, 5.74) is 8.21. The van der Waals surface area contributed by atoms with E-state index in [1.807, 2.05) is 6.07 Å². The molecule has 0 unspecified atom stereocenters. The molecule has 0 spiro atoms. The molecule has 2 N–H and O–H groups in total. The molecule has 94 valence electrons. The molecule has 1 aliphatic heterocycles. The third-order valence-corrected chi connectivity index (χ3v) is 4.14. The van der Waals surface area contributed by atoms with E-state index in [2.05, 4.69) is 30.9 Å². The predicted octanol–water partition coefficient (Wildman–Crippen LogP) is 3.17. The molecule has 1 heterocycles. The first-order chi connectivity index (χ1) is 8.03. The highest BCUT2D eigenvalue weighted by atomic mass is 35.5. The number of hydrogen-bond donors (Lipinski definition) is 1. The Balaban J connectivity index is 2.13. The summed E-state index contributed by atoms with van der Waals surface area (Å²) in [7, 11) is 0. The van der Waals surface area contributed by atoms with Crippen LogP contribution in [0.25, 0.3) is 0 Å². The third-order valence-electron chi connectivity index (χ3n) is 3.79. The fourth-order valence-electron chi connectivity index (χ4n) is 2.51. The van der Waals surface area contributed by atoms with E-state index in [0.717, 1.165) is 17.1 Å². The van der Waals surface area contributed by atoms with E-state index < -0.39 is 0 Å². The second-order valence-electron chi connectivity index (χ2n) is 5.47. The average Bonchev–Trinajstić information content (AvgIpc) is 2.61. The summed E-state index contributed by atoms with van der Waals surface area (Å²) in [6.07, 6.45) is 2.55. The number of nitrogens with zero attached hydrogens (tertiary/aromatic N) is 1. The first-order valence-corrected chi connectivity index (χ1v) is 6.63. The molecule has 0 saturated carbocycles. The van der Waals surface area contributed by atoms with Crippen LogP contribution in [-0.2, 0) is 13.1 Å². The Kier molecular flexibility index (Phi) is 3.76. The summed E-state index contributed by atoms with van der Waals surface area (Å²) in [5, 5.41) is 0.843. The minimum Gasteiger partial charge on any atom is -0.326 e. The molecule has 1 fully saturated rings. The molecule has 0 atom stereocenters. The predicted molar refractivity (Wildman–Crippen MR) is 73.1 cm³/mol. The van der Waals surface area contributed by atoms with Gasteiger partial charge in [-0.25, -0.2) is 0 Å². The Bertz CT molecular complexity index is 401. The molecule has 0 aromatic heterocycles. The smallest absolute Gasteiger partial charge is 0.0454 e. The molecular formula is C14H21ClN2. The van der Waals surface area contributed by atoms with Crippen LogP contribution in [0.3, 0.4) is 0 Å². The van der Waals surface area contributed by atoms with Crippen LogP contribution in [0.15, 0.2) is 18.2 Å². The van der Waals surface area contributed by atoms with Gasteiger partial charge in [0.2, 0.25) is 0 Å². The molecule has 3 heteroatoms. The van der Waals surface area contributed by atoms with E-state index in [1.54, 1.807) is 0 Å². The molecular weight excluding hydrogens is 232 g/mol. The summed E-state index contributed by atoms with van der Waals surface area (Å²) in [5.74, 6) is 0. The lowest BCUT2D eigenvalue weighted by Gasteiger charge is -2.31. The van der Waals surface area contributed by atoms with Crippen LogP contribution in [-0.4, -0.2) is 17.0 Å². The van der Waals surface area contributed by atoms with Gasteiger partial charge in [-0.3, -0.25) is 4.90 Å². The summed E-state index contributed by atoms with van der Waals surface area (Å²) < 4.78 is 0. The maximum absolute atomic E-state index is 6.30. The minimum absolute atomic E-state index is 0.301. The highest BCUT2D eigenvalue weighted by Crippen LogP contribution is 2.31. The highest BCUT2D eigenvalue weighted by molar-refractivity contribution is 6.31. The number of nitrogens with two attached hydrogens (primary N) is 1. The second-order valence-corrected chi connectivity index (χ2v) is 5.87. The molecule has 0 bridgehead atoms. The van der Waals surface area contributed by atoms with E-state index >= 15 is 0 Å². The van der Waals surface area contributed by atoms with E-state index in [9.17, 15) is 0 Å². The van der Waals surface area contributed by atoms with Crippen LogP contribution in [0.1, 0.15) is 37.8 Å². The zero-order valence-electron chi connectivity index (χ0n) is 10.7. The molecule has 2 nitrogen and oxygen atoms in total. The van der Waals surface area contributed by atoms with Gasteiger partial charge in [0.05, 0.1) is 0 Å². The number of hydrogen-bond acceptors (Lipinski definition) is 2. The zero-order chi connectivity index (χ0) is 12.5. The van der Waals surface area contributed by atoms with Gasteiger partial charge in [0.1, 0.15) is 0 Å². The van der Waals surface area contributed by atoms with Gasteiger partial charge < -0.3 is 5.73 Å². The Labute approximate surface area is 109 Å². The van der Waals surface area contributed by atoms with E-state index in [0.29, 0.717) is 12.1 Å². The zero-order valence-corrected chi connectivity index (χ0v) is 11.4. The van der Waals surface area contributed by atoms with Crippen molar-refractivity contribution in [2.24, 2.45) is 5.73 Å². The Morgan fingerprint density at radius 3 is 2.71 bits per heavy atom. The van der Waals surface area contributed by atoms with Crippen LogP contribution in [0.2, 0.25) is 5.02 Å². The van der Waals surface area contributed by atoms with Crippen molar-refractivity contribution in [3.05, 3.63) is 34.3 Å². The summed E-state index contributed by atoms with van der Waals surface area (Å²) in [6, 6.07) is 6.17. The van der Waals surface area contributed by atoms with Crippen molar-refractivity contribution >= 4 is 11.6 Å². The van der Waals surface area contributed by atoms with Gasteiger partial charge in [-0.1, -0.05) is 23.7 Å². The molecule has 0 aliphatic carbocycles. The summed E-state index contributed by atoms with van der Waals surface area (Å²) >= 11 is 6.30. The van der Waals surface area contributed by atoms with Crippen molar-refractivity contribution in [2.45, 2.75) is 45.3 Å². The molecule has 1 aliphatic rings.